The van der Waals surface area contributed by atoms with E-state index in [-0.39, 0.29) is 44.4 Å². The monoisotopic (exact) mass is 357 g/mol. The lowest BCUT2D eigenvalue weighted by Gasteiger charge is -2.23. The van der Waals surface area contributed by atoms with Gasteiger partial charge in [-0.1, -0.05) is 6.07 Å². The molecule has 1 aliphatic heterocycles. The van der Waals surface area contributed by atoms with Crippen molar-refractivity contribution in [2.75, 3.05) is 31.5 Å². The Balaban J connectivity index is 2.06. The van der Waals surface area contributed by atoms with E-state index in [1.54, 1.807) is 18.2 Å². The molecule has 1 aromatic carbocycles. The van der Waals surface area contributed by atoms with Crippen molar-refractivity contribution < 1.29 is 27.6 Å². The maximum absolute atomic E-state index is 12.6. The van der Waals surface area contributed by atoms with Gasteiger partial charge in [-0.15, -0.1) is 0 Å². The van der Waals surface area contributed by atoms with E-state index >= 15 is 0 Å². The summed E-state index contributed by atoms with van der Waals surface area (Å²) in [5.41, 5.74) is 0.781. The highest BCUT2D eigenvalue weighted by molar-refractivity contribution is 5.96. The number of carbonyl (C=O) groups excluding carboxylic acids is 3. The predicted octanol–water partition coefficient (Wildman–Crippen LogP) is 1.88. The molecule has 0 bridgehead atoms. The van der Waals surface area contributed by atoms with Crippen molar-refractivity contribution in [3.63, 3.8) is 0 Å². The van der Waals surface area contributed by atoms with Crippen molar-refractivity contribution in [2.45, 2.75) is 19.5 Å². The van der Waals surface area contributed by atoms with Gasteiger partial charge in [0.05, 0.1) is 0 Å². The summed E-state index contributed by atoms with van der Waals surface area (Å²) in [5.74, 6) is -2.51. The molecule has 136 valence electrons. The van der Waals surface area contributed by atoms with E-state index in [2.05, 4.69) is 5.32 Å². The summed E-state index contributed by atoms with van der Waals surface area (Å²) in [5, 5.41) is 2.57. The molecule has 0 atom stereocenters. The number of benzene rings is 1. The van der Waals surface area contributed by atoms with Crippen LogP contribution in [-0.2, 0) is 9.59 Å². The minimum atomic E-state index is -4.91. The Bertz CT molecular complexity index is 676. The molecule has 0 aromatic heterocycles. The Kier molecular flexibility index (Phi) is 5.66. The lowest BCUT2D eigenvalue weighted by atomic mass is 10.1. The molecule has 1 saturated heterocycles. The zero-order valence-electron chi connectivity index (χ0n) is 13.6. The molecule has 0 saturated carbocycles. The molecule has 1 N–H and O–H groups in total. The molecule has 0 spiro atoms. The fourth-order valence-electron chi connectivity index (χ4n) is 2.62. The third-order valence-electron chi connectivity index (χ3n) is 3.74. The average molecular weight is 357 g/mol. The molecule has 9 heteroatoms. The van der Waals surface area contributed by atoms with Crippen LogP contribution >= 0.6 is 0 Å². The number of halogens is 3. The highest BCUT2D eigenvalue weighted by atomic mass is 19.4. The van der Waals surface area contributed by atoms with Gasteiger partial charge in [-0.3, -0.25) is 14.4 Å². The molecule has 0 aliphatic carbocycles. The fraction of sp³-hybridized carbons (Fsp3) is 0.438. The first-order chi connectivity index (χ1) is 11.7. The van der Waals surface area contributed by atoms with Crippen molar-refractivity contribution in [3.05, 3.63) is 29.8 Å². The quantitative estimate of drug-likeness (QED) is 0.879. The summed E-state index contributed by atoms with van der Waals surface area (Å²) in [4.78, 5) is 37.1. The minimum Gasteiger partial charge on any atom is -0.337 e. The Morgan fingerprint density at radius 1 is 1.04 bits per heavy atom. The Hall–Kier alpha value is -2.58. The summed E-state index contributed by atoms with van der Waals surface area (Å²) in [6, 6.07) is 6.31. The van der Waals surface area contributed by atoms with Crippen LogP contribution in [0.5, 0.6) is 0 Å². The number of nitrogens with one attached hydrogen (secondary N) is 1. The molecule has 3 amide bonds. The average Bonchev–Trinajstić information content (AvgIpc) is 2.78. The van der Waals surface area contributed by atoms with Crippen LogP contribution < -0.4 is 5.32 Å². The zero-order chi connectivity index (χ0) is 18.6. The number of anilines is 1. The first kappa shape index (κ1) is 18.8. The zero-order valence-corrected chi connectivity index (χ0v) is 13.6. The summed E-state index contributed by atoms with van der Waals surface area (Å²) >= 11 is 0. The Morgan fingerprint density at radius 3 is 2.32 bits per heavy atom. The van der Waals surface area contributed by atoms with Crippen LogP contribution in [0.25, 0.3) is 0 Å². The third kappa shape index (κ3) is 4.94. The number of alkyl halides is 3. The van der Waals surface area contributed by atoms with Crippen LogP contribution in [0.15, 0.2) is 24.3 Å². The van der Waals surface area contributed by atoms with Crippen LogP contribution in [0.1, 0.15) is 23.7 Å². The van der Waals surface area contributed by atoms with Gasteiger partial charge in [0, 0.05) is 44.4 Å². The molecular weight excluding hydrogens is 339 g/mol. The highest BCUT2D eigenvalue weighted by Gasteiger charge is 2.42. The van der Waals surface area contributed by atoms with Gasteiger partial charge in [0.15, 0.2) is 0 Å². The minimum absolute atomic E-state index is 0.0189. The van der Waals surface area contributed by atoms with Gasteiger partial charge in [0.2, 0.25) is 5.91 Å². The largest absolute Gasteiger partial charge is 0.471 e. The van der Waals surface area contributed by atoms with Crippen molar-refractivity contribution in [1.29, 1.82) is 0 Å². The van der Waals surface area contributed by atoms with Crippen LogP contribution in [0.2, 0.25) is 0 Å². The van der Waals surface area contributed by atoms with E-state index in [1.807, 2.05) is 0 Å². The molecule has 0 radical (unpaired) electrons. The lowest BCUT2D eigenvalue weighted by molar-refractivity contribution is -0.185. The van der Waals surface area contributed by atoms with Crippen LogP contribution in [-0.4, -0.2) is 59.9 Å². The fourth-order valence-corrected chi connectivity index (χ4v) is 2.62. The predicted molar refractivity (Wildman–Crippen MR) is 83.9 cm³/mol. The van der Waals surface area contributed by atoms with Gasteiger partial charge in [0.1, 0.15) is 0 Å². The highest BCUT2D eigenvalue weighted by Crippen LogP contribution is 2.20. The summed E-state index contributed by atoms with van der Waals surface area (Å²) < 4.78 is 37.6. The molecule has 1 fully saturated rings. The van der Waals surface area contributed by atoms with Crippen molar-refractivity contribution in [1.82, 2.24) is 9.80 Å². The second-order valence-electron chi connectivity index (χ2n) is 5.70. The third-order valence-corrected chi connectivity index (χ3v) is 3.74. The molecule has 6 nitrogen and oxygen atoms in total. The smallest absolute Gasteiger partial charge is 0.337 e. The van der Waals surface area contributed by atoms with Gasteiger partial charge >= 0.3 is 12.1 Å². The van der Waals surface area contributed by atoms with Gasteiger partial charge in [0.25, 0.3) is 5.91 Å². The van der Waals surface area contributed by atoms with Crippen LogP contribution in [0.4, 0.5) is 18.9 Å². The van der Waals surface area contributed by atoms with E-state index in [0.29, 0.717) is 11.3 Å². The Morgan fingerprint density at radius 2 is 1.68 bits per heavy atom. The molecule has 1 heterocycles. The molecular formula is C16H18F3N3O3. The first-order valence-electron chi connectivity index (χ1n) is 7.71. The summed E-state index contributed by atoms with van der Waals surface area (Å²) in [6.07, 6.45) is -4.65. The van der Waals surface area contributed by atoms with Crippen molar-refractivity contribution in [2.24, 2.45) is 0 Å². The first-order valence-corrected chi connectivity index (χ1v) is 7.71. The van der Waals surface area contributed by atoms with E-state index in [4.69, 9.17) is 0 Å². The van der Waals surface area contributed by atoms with Gasteiger partial charge < -0.3 is 15.1 Å². The van der Waals surface area contributed by atoms with E-state index < -0.39 is 12.1 Å². The van der Waals surface area contributed by atoms with E-state index in [0.717, 1.165) is 4.90 Å². The Labute approximate surface area is 142 Å². The lowest BCUT2D eigenvalue weighted by Crippen LogP contribution is -2.43. The molecule has 1 aliphatic rings. The molecule has 25 heavy (non-hydrogen) atoms. The number of hydrogen-bond donors (Lipinski definition) is 1. The number of amides is 3. The maximum atomic E-state index is 12.6. The standard InChI is InChI=1S/C16H18F3N3O3/c1-11(23)20-13-5-2-4-12(10-13)14(24)21-6-3-7-22(9-8-21)15(25)16(17,18)19/h2,4-5,10H,3,6-9H2,1H3,(H,20,23). The van der Waals surface area contributed by atoms with Gasteiger partial charge in [-0.05, 0) is 24.6 Å². The number of nitrogens with zero attached hydrogens (tertiary/aromatic N) is 2. The second kappa shape index (κ2) is 7.54. The SMILES string of the molecule is CC(=O)Nc1cccc(C(=O)N2CCCN(C(=O)C(F)(F)F)CC2)c1. The topological polar surface area (TPSA) is 69.7 Å². The van der Waals surface area contributed by atoms with Crippen molar-refractivity contribution >= 4 is 23.4 Å². The van der Waals surface area contributed by atoms with Gasteiger partial charge in [-0.2, -0.15) is 13.2 Å². The van der Waals surface area contributed by atoms with Crippen molar-refractivity contribution in [3.8, 4) is 0 Å². The van der Waals surface area contributed by atoms with Crippen LogP contribution in [0, 0.1) is 0 Å². The van der Waals surface area contributed by atoms with Crippen LogP contribution in [0.3, 0.4) is 0 Å². The van der Waals surface area contributed by atoms with Gasteiger partial charge in [-0.25, -0.2) is 0 Å². The molecule has 1 aromatic rings. The number of hydrogen-bond acceptors (Lipinski definition) is 3. The summed E-state index contributed by atoms with van der Waals surface area (Å²) in [6.45, 7) is 1.40. The maximum Gasteiger partial charge on any atom is 0.471 e. The summed E-state index contributed by atoms with van der Waals surface area (Å²) in [7, 11) is 0. The number of carbonyl (C=O) groups is 3. The second-order valence-corrected chi connectivity index (χ2v) is 5.70. The van der Waals surface area contributed by atoms with E-state index in [9.17, 15) is 27.6 Å². The number of rotatable bonds is 2. The molecule has 2 rings (SSSR count). The normalized spacial score (nSPS) is 15.5. The van der Waals surface area contributed by atoms with E-state index in [1.165, 1.54) is 17.9 Å². The molecule has 0 unspecified atom stereocenters.